The number of nitrogens with zero attached hydrogens (tertiary/aromatic N) is 6. The van der Waals surface area contributed by atoms with Crippen LogP contribution in [0.15, 0.2) is 81.6 Å². The third-order valence-corrected chi connectivity index (χ3v) is 9.13. The molecule has 0 atom stereocenters. The fourth-order valence-electron chi connectivity index (χ4n) is 6.27. The summed E-state index contributed by atoms with van der Waals surface area (Å²) >= 11 is 0. The number of carbonyl (C=O) groups excluding carboxylic acids is 1. The number of imidazole rings is 2. The van der Waals surface area contributed by atoms with E-state index >= 15 is 0 Å². The Kier molecular flexibility index (Phi) is 12.0. The van der Waals surface area contributed by atoms with Crippen molar-refractivity contribution in [2.24, 2.45) is 14.1 Å². The first kappa shape index (κ1) is 39.6. The Hall–Kier alpha value is -6.66. The van der Waals surface area contributed by atoms with Crippen LogP contribution >= 0.6 is 0 Å². The van der Waals surface area contributed by atoms with Crippen LogP contribution in [0.1, 0.15) is 44.1 Å². The van der Waals surface area contributed by atoms with Gasteiger partial charge in [-0.1, -0.05) is 0 Å². The number of aryl methyl sites for hydroxylation is 2. The summed E-state index contributed by atoms with van der Waals surface area (Å²) in [6.07, 6.45) is 0.755. The van der Waals surface area contributed by atoms with E-state index in [-0.39, 0.29) is 57.6 Å². The van der Waals surface area contributed by atoms with E-state index in [4.69, 9.17) is 43.5 Å². The zero-order chi connectivity index (χ0) is 40.8. The van der Waals surface area contributed by atoms with Gasteiger partial charge in [-0.05, 0) is 60.7 Å². The number of fused-ring (bicyclic) bond motifs is 4. The largest absolute Gasteiger partial charge is 0.491 e. The summed E-state index contributed by atoms with van der Waals surface area (Å²) in [4.78, 5) is 41.5. The van der Waals surface area contributed by atoms with Crippen LogP contribution in [-0.2, 0) is 31.7 Å². The van der Waals surface area contributed by atoms with Crippen LogP contribution in [0.4, 0.5) is 0 Å². The number of hydrogen-bond acceptors (Lipinski definition) is 14. The molecule has 17 nitrogen and oxygen atoms in total. The van der Waals surface area contributed by atoms with Crippen LogP contribution in [0, 0.1) is 0 Å². The van der Waals surface area contributed by atoms with Gasteiger partial charge in [0.05, 0.1) is 66.9 Å². The summed E-state index contributed by atoms with van der Waals surface area (Å²) in [7, 11) is 3.77. The molecule has 0 aliphatic carbocycles. The number of ketones is 1. The quantitative estimate of drug-likeness (QED) is 0.0792. The number of aromatic nitrogens is 6. The van der Waals surface area contributed by atoms with Crippen molar-refractivity contribution in [3.05, 3.63) is 107 Å². The van der Waals surface area contributed by atoms with E-state index in [0.29, 0.717) is 74.9 Å². The third kappa shape index (κ3) is 8.82. The molecule has 0 bridgehead atoms. The minimum Gasteiger partial charge on any atom is -0.491 e. The summed E-state index contributed by atoms with van der Waals surface area (Å²) < 4.78 is 31.4. The van der Waals surface area contributed by atoms with E-state index in [0.717, 1.165) is 22.7 Å². The average molecular weight is 793 g/mol. The van der Waals surface area contributed by atoms with Crippen LogP contribution in [0.2, 0.25) is 0 Å². The average Bonchev–Trinajstić information content (AvgIpc) is 3.98. The van der Waals surface area contributed by atoms with Crippen molar-refractivity contribution in [2.75, 3.05) is 46.2 Å². The van der Waals surface area contributed by atoms with Gasteiger partial charge >= 0.3 is 5.97 Å². The van der Waals surface area contributed by atoms with Gasteiger partial charge in [-0.15, -0.1) is 0 Å². The molecule has 58 heavy (non-hydrogen) atoms. The van der Waals surface area contributed by atoms with Gasteiger partial charge in [0.2, 0.25) is 11.8 Å². The monoisotopic (exact) mass is 792 g/mol. The van der Waals surface area contributed by atoms with Crippen LogP contribution in [-0.4, -0.2) is 107 Å². The molecule has 0 saturated heterocycles. The number of ether oxygens (including phenoxy) is 3. The van der Waals surface area contributed by atoms with Gasteiger partial charge in [0, 0.05) is 31.8 Å². The number of benzene rings is 4. The van der Waals surface area contributed by atoms with Crippen molar-refractivity contribution in [1.82, 2.24) is 29.1 Å². The SMILES string of the molecule is Cn1c(Cc2nc3ccc(OCCO)cc3o2)nc2cc(C(=O)COCCO)ccc21.Cn1c(Cc2nc3ccc(OCCO)cc3o2)nc2cc(C(=O)O)ccc21. The number of Topliss-reactive ketones (excluding diaryl/α,β-unsaturated/α-hetero) is 1. The van der Waals surface area contributed by atoms with Gasteiger partial charge in [0.25, 0.3) is 0 Å². The van der Waals surface area contributed by atoms with Crippen LogP contribution in [0.25, 0.3) is 44.3 Å². The van der Waals surface area contributed by atoms with E-state index in [2.05, 4.69) is 19.9 Å². The molecule has 4 aromatic carbocycles. The first-order chi connectivity index (χ1) is 28.1. The van der Waals surface area contributed by atoms with Crippen molar-refractivity contribution in [3.63, 3.8) is 0 Å². The molecule has 0 spiro atoms. The Morgan fingerprint density at radius 1 is 0.603 bits per heavy atom. The number of oxazole rings is 2. The van der Waals surface area contributed by atoms with Crippen molar-refractivity contribution in [3.8, 4) is 11.5 Å². The first-order valence-corrected chi connectivity index (χ1v) is 18.3. The highest BCUT2D eigenvalue weighted by molar-refractivity contribution is 6.00. The molecule has 0 saturated carbocycles. The Morgan fingerprint density at radius 3 is 1.57 bits per heavy atom. The molecule has 0 fully saturated rings. The van der Waals surface area contributed by atoms with Crippen molar-refractivity contribution in [1.29, 1.82) is 0 Å². The number of carbonyl (C=O) groups is 2. The number of aliphatic hydroxyl groups excluding tert-OH is 3. The predicted molar refractivity (Wildman–Crippen MR) is 209 cm³/mol. The van der Waals surface area contributed by atoms with Crippen molar-refractivity contribution < 1.29 is 53.1 Å². The normalized spacial score (nSPS) is 11.4. The van der Waals surface area contributed by atoms with Crippen molar-refractivity contribution in [2.45, 2.75) is 12.8 Å². The van der Waals surface area contributed by atoms with E-state index < -0.39 is 5.97 Å². The fourth-order valence-corrected chi connectivity index (χ4v) is 6.27. The summed E-state index contributed by atoms with van der Waals surface area (Å²) in [5.74, 6) is 2.54. The predicted octanol–water partition coefficient (Wildman–Crippen LogP) is 4.24. The zero-order valence-corrected chi connectivity index (χ0v) is 31.6. The Balaban J connectivity index is 0.000000178. The molecule has 0 unspecified atom stereocenters. The van der Waals surface area contributed by atoms with Gasteiger partial charge in [-0.3, -0.25) is 4.79 Å². The molecule has 0 aliphatic heterocycles. The summed E-state index contributed by atoms with van der Waals surface area (Å²) in [6.45, 7) is 0.225. The highest BCUT2D eigenvalue weighted by Crippen LogP contribution is 2.26. The lowest BCUT2D eigenvalue weighted by Gasteiger charge is -2.03. The highest BCUT2D eigenvalue weighted by Gasteiger charge is 2.17. The van der Waals surface area contributed by atoms with Gasteiger partial charge in [-0.2, -0.15) is 0 Å². The maximum Gasteiger partial charge on any atom is 0.335 e. The van der Waals surface area contributed by atoms with Crippen LogP contribution in [0.5, 0.6) is 11.5 Å². The molecule has 0 aliphatic rings. The number of carboxylic acids is 1. The molecule has 0 amide bonds. The summed E-state index contributed by atoms with van der Waals surface area (Å²) in [5.41, 5.74) is 6.34. The van der Waals surface area contributed by atoms with E-state index in [1.165, 1.54) is 0 Å². The molecule has 17 heteroatoms. The van der Waals surface area contributed by atoms with Gasteiger partial charge in [0.15, 0.2) is 16.9 Å². The van der Waals surface area contributed by atoms with Gasteiger partial charge in [0.1, 0.15) is 54.0 Å². The summed E-state index contributed by atoms with van der Waals surface area (Å²) in [5, 5.41) is 35.6. The number of aromatic carboxylic acids is 1. The molecular formula is C41H40N6O11. The minimum atomic E-state index is -0.984. The number of rotatable bonds is 16. The second-order valence-corrected chi connectivity index (χ2v) is 13.1. The lowest BCUT2D eigenvalue weighted by atomic mass is 10.1. The van der Waals surface area contributed by atoms with E-state index in [1.54, 1.807) is 66.7 Å². The molecule has 0 radical (unpaired) electrons. The number of carboxylic acid groups (broad SMARTS) is 1. The molecular weight excluding hydrogens is 752 g/mol. The Bertz CT molecular complexity index is 2730. The Labute approximate surface area is 329 Å². The van der Waals surface area contributed by atoms with Gasteiger partial charge < -0.3 is 52.6 Å². The smallest absolute Gasteiger partial charge is 0.335 e. The standard InChI is InChI=1S/C22H23N3O6.C19H17N3O5/c1-25-18-5-2-14(19(28)13-29-8-6-26)10-17(18)23-21(25)12-22-24-16-4-3-15(30-9-7-27)11-20(16)31-22;1-22-15-5-2-11(19(24)25)8-14(15)20-17(22)10-18-21-13-4-3-12(26-7-6-23)9-16(13)27-18/h2-5,10-11,26-27H,6-9,12-13H2,1H3;2-5,8-9,23H,6-7,10H2,1H3,(H,24,25). The Morgan fingerprint density at radius 2 is 1.09 bits per heavy atom. The molecule has 4 heterocycles. The first-order valence-electron chi connectivity index (χ1n) is 18.3. The molecule has 4 aromatic heterocycles. The second-order valence-electron chi connectivity index (χ2n) is 13.1. The topological polar surface area (TPSA) is 230 Å². The lowest BCUT2D eigenvalue weighted by Crippen LogP contribution is -2.11. The minimum absolute atomic E-state index is 0.0595. The van der Waals surface area contributed by atoms with Gasteiger partial charge in [-0.25, -0.2) is 24.7 Å². The molecule has 8 aromatic rings. The molecule has 4 N–H and O–H groups in total. The number of aliphatic hydroxyl groups is 3. The summed E-state index contributed by atoms with van der Waals surface area (Å²) in [6, 6.07) is 20.8. The van der Waals surface area contributed by atoms with Crippen LogP contribution in [0.3, 0.4) is 0 Å². The maximum atomic E-state index is 12.2. The van der Waals surface area contributed by atoms with Crippen molar-refractivity contribution >= 4 is 56.0 Å². The molecule has 8 rings (SSSR count). The highest BCUT2D eigenvalue weighted by atomic mass is 16.5. The van der Waals surface area contributed by atoms with E-state index in [1.807, 2.05) is 29.3 Å². The fraction of sp³-hybridized carbons (Fsp3) is 0.268. The molecule has 300 valence electrons. The maximum absolute atomic E-state index is 12.2. The lowest BCUT2D eigenvalue weighted by molar-refractivity contribution is 0.0662. The second kappa shape index (κ2) is 17.6. The van der Waals surface area contributed by atoms with Crippen LogP contribution < -0.4 is 9.47 Å². The third-order valence-electron chi connectivity index (χ3n) is 9.13. The number of hydrogen-bond donors (Lipinski definition) is 4. The van der Waals surface area contributed by atoms with E-state index in [9.17, 15) is 9.59 Å². The zero-order valence-electron chi connectivity index (χ0n) is 31.6.